The van der Waals surface area contributed by atoms with Gasteiger partial charge in [-0.15, -0.1) is 11.3 Å². The van der Waals surface area contributed by atoms with Gasteiger partial charge in [0.2, 0.25) is 0 Å². The van der Waals surface area contributed by atoms with Crippen LogP contribution in [0.4, 0.5) is 5.69 Å². The molecule has 1 heterocycles. The van der Waals surface area contributed by atoms with E-state index in [1.54, 1.807) is 17.5 Å². The third kappa shape index (κ3) is 3.39. The van der Waals surface area contributed by atoms with E-state index < -0.39 is 10.0 Å². The molecule has 0 aliphatic heterocycles. The van der Waals surface area contributed by atoms with Gasteiger partial charge in [0.05, 0.1) is 0 Å². The summed E-state index contributed by atoms with van der Waals surface area (Å²) in [5.74, 6) is 0.352. The van der Waals surface area contributed by atoms with Crippen molar-refractivity contribution in [2.24, 2.45) is 5.73 Å². The van der Waals surface area contributed by atoms with Crippen LogP contribution in [-0.2, 0) is 16.6 Å². The molecule has 20 heavy (non-hydrogen) atoms. The molecular formula is C14H18N2O2S2. The van der Waals surface area contributed by atoms with Crippen LogP contribution in [0.25, 0.3) is 0 Å². The molecule has 6 heteroatoms. The summed E-state index contributed by atoms with van der Waals surface area (Å²) in [6.07, 6.45) is 0. The Morgan fingerprint density at radius 1 is 1.30 bits per heavy atom. The Labute approximate surface area is 123 Å². The lowest BCUT2D eigenvalue weighted by molar-refractivity contribution is 0.603. The van der Waals surface area contributed by atoms with Crippen molar-refractivity contribution >= 4 is 27.0 Å². The van der Waals surface area contributed by atoms with Crippen LogP contribution in [0.5, 0.6) is 0 Å². The van der Waals surface area contributed by atoms with Gasteiger partial charge in [0, 0.05) is 12.2 Å². The zero-order chi connectivity index (χ0) is 14.8. The van der Waals surface area contributed by atoms with E-state index in [0.29, 0.717) is 18.2 Å². The number of rotatable bonds is 5. The molecule has 0 aliphatic carbocycles. The molecule has 0 unspecified atom stereocenters. The van der Waals surface area contributed by atoms with E-state index >= 15 is 0 Å². The third-order valence-electron chi connectivity index (χ3n) is 2.94. The number of benzene rings is 1. The van der Waals surface area contributed by atoms with Gasteiger partial charge in [-0.2, -0.15) is 0 Å². The molecule has 108 valence electrons. The van der Waals surface area contributed by atoms with Crippen LogP contribution < -0.4 is 10.5 Å². The van der Waals surface area contributed by atoms with Gasteiger partial charge in [-0.05, 0) is 40.6 Å². The van der Waals surface area contributed by atoms with E-state index in [4.69, 9.17) is 5.73 Å². The summed E-state index contributed by atoms with van der Waals surface area (Å²) in [5, 5.41) is 1.76. The van der Waals surface area contributed by atoms with Crippen molar-refractivity contribution < 1.29 is 8.42 Å². The Balaban J connectivity index is 2.26. The summed E-state index contributed by atoms with van der Waals surface area (Å²) >= 11 is 1.18. The average Bonchev–Trinajstić information content (AvgIpc) is 2.88. The fraction of sp³-hybridized carbons (Fsp3) is 0.286. The van der Waals surface area contributed by atoms with Crippen LogP contribution in [-0.4, -0.2) is 8.42 Å². The first-order valence-electron chi connectivity index (χ1n) is 6.32. The number of hydrogen-bond acceptors (Lipinski definition) is 4. The minimum atomic E-state index is -3.53. The fourth-order valence-electron chi connectivity index (χ4n) is 1.77. The van der Waals surface area contributed by atoms with Crippen molar-refractivity contribution in [1.29, 1.82) is 0 Å². The number of hydrogen-bond donors (Lipinski definition) is 2. The van der Waals surface area contributed by atoms with Crippen LogP contribution in [0.1, 0.15) is 30.9 Å². The number of thiophene rings is 1. The lowest BCUT2D eigenvalue weighted by Gasteiger charge is -2.10. The Kier molecular flexibility index (Phi) is 4.47. The average molecular weight is 310 g/mol. The highest BCUT2D eigenvalue weighted by atomic mass is 32.2. The van der Waals surface area contributed by atoms with Crippen LogP contribution in [0.3, 0.4) is 0 Å². The minimum Gasteiger partial charge on any atom is -0.326 e. The molecule has 0 bridgehead atoms. The van der Waals surface area contributed by atoms with E-state index in [9.17, 15) is 8.42 Å². The third-order valence-corrected chi connectivity index (χ3v) is 5.81. The minimum absolute atomic E-state index is 0.285. The Hall–Kier alpha value is -1.37. The SMILES string of the molecule is CC(C)c1cccc(NS(=O)(=O)c2cc(CN)cs2)c1. The van der Waals surface area contributed by atoms with E-state index in [1.807, 2.05) is 18.2 Å². The van der Waals surface area contributed by atoms with Crippen molar-refractivity contribution in [1.82, 2.24) is 0 Å². The molecule has 0 radical (unpaired) electrons. The van der Waals surface area contributed by atoms with Gasteiger partial charge in [-0.3, -0.25) is 4.72 Å². The molecule has 0 saturated heterocycles. The topological polar surface area (TPSA) is 72.2 Å². The first kappa shape index (κ1) is 15.0. The Morgan fingerprint density at radius 3 is 2.65 bits per heavy atom. The monoisotopic (exact) mass is 310 g/mol. The summed E-state index contributed by atoms with van der Waals surface area (Å²) in [6, 6.07) is 9.06. The molecule has 0 saturated carbocycles. The molecular weight excluding hydrogens is 292 g/mol. The fourth-order valence-corrected chi connectivity index (χ4v) is 4.04. The van der Waals surface area contributed by atoms with Gasteiger partial charge < -0.3 is 5.73 Å². The van der Waals surface area contributed by atoms with Gasteiger partial charge >= 0.3 is 0 Å². The zero-order valence-electron chi connectivity index (χ0n) is 11.5. The van der Waals surface area contributed by atoms with Crippen LogP contribution in [0.15, 0.2) is 39.9 Å². The van der Waals surface area contributed by atoms with Gasteiger partial charge in [0.1, 0.15) is 4.21 Å². The maximum atomic E-state index is 12.3. The van der Waals surface area contributed by atoms with Crippen LogP contribution in [0.2, 0.25) is 0 Å². The largest absolute Gasteiger partial charge is 0.326 e. The summed E-state index contributed by atoms with van der Waals surface area (Å²) in [5.41, 5.74) is 8.01. The first-order chi connectivity index (χ1) is 9.42. The molecule has 1 aromatic carbocycles. The first-order valence-corrected chi connectivity index (χ1v) is 8.69. The Bertz CT molecular complexity index is 691. The van der Waals surface area contributed by atoms with Crippen LogP contribution in [0, 0.1) is 0 Å². The molecule has 1 aromatic heterocycles. The molecule has 0 fully saturated rings. The van der Waals surface area contributed by atoms with E-state index in [2.05, 4.69) is 18.6 Å². The van der Waals surface area contributed by atoms with Crippen molar-refractivity contribution in [2.75, 3.05) is 4.72 Å². The molecule has 0 spiro atoms. The smallest absolute Gasteiger partial charge is 0.271 e. The molecule has 3 N–H and O–H groups in total. The zero-order valence-corrected chi connectivity index (χ0v) is 13.1. The lowest BCUT2D eigenvalue weighted by Crippen LogP contribution is -2.11. The van der Waals surface area contributed by atoms with Gasteiger partial charge in [0.15, 0.2) is 0 Å². The second kappa shape index (κ2) is 5.95. The van der Waals surface area contributed by atoms with Crippen molar-refractivity contribution in [2.45, 2.75) is 30.5 Å². The van der Waals surface area contributed by atoms with Gasteiger partial charge in [-0.25, -0.2) is 8.42 Å². The predicted molar refractivity (Wildman–Crippen MR) is 83.5 cm³/mol. The summed E-state index contributed by atoms with van der Waals surface area (Å²) < 4.78 is 27.4. The van der Waals surface area contributed by atoms with Gasteiger partial charge in [-0.1, -0.05) is 26.0 Å². The van der Waals surface area contributed by atoms with Crippen LogP contribution >= 0.6 is 11.3 Å². The highest BCUT2D eigenvalue weighted by molar-refractivity contribution is 7.94. The second-order valence-electron chi connectivity index (χ2n) is 4.86. The number of sulfonamides is 1. The maximum Gasteiger partial charge on any atom is 0.271 e. The number of anilines is 1. The quantitative estimate of drug-likeness (QED) is 0.891. The van der Waals surface area contributed by atoms with Crippen molar-refractivity contribution in [3.05, 3.63) is 46.8 Å². The molecule has 4 nitrogen and oxygen atoms in total. The molecule has 0 atom stereocenters. The number of nitrogens with one attached hydrogen (secondary N) is 1. The van der Waals surface area contributed by atoms with E-state index in [-0.39, 0.29) is 4.21 Å². The van der Waals surface area contributed by atoms with Gasteiger partial charge in [0.25, 0.3) is 10.0 Å². The van der Waals surface area contributed by atoms with Crippen molar-refractivity contribution in [3.8, 4) is 0 Å². The molecule has 0 aliphatic rings. The van der Waals surface area contributed by atoms with E-state index in [0.717, 1.165) is 11.1 Å². The van der Waals surface area contributed by atoms with E-state index in [1.165, 1.54) is 11.3 Å². The molecule has 2 rings (SSSR count). The normalized spacial score (nSPS) is 11.8. The lowest BCUT2D eigenvalue weighted by atomic mass is 10.0. The molecule has 2 aromatic rings. The highest BCUT2D eigenvalue weighted by Crippen LogP contribution is 2.24. The Morgan fingerprint density at radius 2 is 2.05 bits per heavy atom. The standard InChI is InChI=1S/C14H18N2O2S2/c1-10(2)12-4-3-5-13(7-12)16-20(17,18)14-6-11(8-15)9-19-14/h3-7,9-10,16H,8,15H2,1-2H3. The van der Waals surface area contributed by atoms with Crippen molar-refractivity contribution in [3.63, 3.8) is 0 Å². The molecule has 0 amide bonds. The maximum absolute atomic E-state index is 12.3. The summed E-state index contributed by atoms with van der Waals surface area (Å²) in [4.78, 5) is 0. The summed E-state index contributed by atoms with van der Waals surface area (Å²) in [6.45, 7) is 4.48. The second-order valence-corrected chi connectivity index (χ2v) is 7.68. The highest BCUT2D eigenvalue weighted by Gasteiger charge is 2.17. The predicted octanol–water partition coefficient (Wildman–Crippen LogP) is 3.13. The summed E-state index contributed by atoms with van der Waals surface area (Å²) in [7, 11) is -3.53. The number of nitrogens with two attached hydrogens (primary N) is 1.